The van der Waals surface area contributed by atoms with Gasteiger partial charge < -0.3 is 4.74 Å². The summed E-state index contributed by atoms with van der Waals surface area (Å²) in [6.45, 7) is 8.45. The number of Topliss-reactive ketones (excluding diaryl/α,β-unsaturated/α-hetero) is 1. The number of carbonyl (C=O) groups excluding carboxylic acids is 1. The van der Waals surface area contributed by atoms with Crippen molar-refractivity contribution in [1.82, 2.24) is 0 Å². The maximum atomic E-state index is 12.2. The van der Waals surface area contributed by atoms with Crippen molar-refractivity contribution in [2.75, 3.05) is 0 Å². The Balaban J connectivity index is 2.22. The summed E-state index contributed by atoms with van der Waals surface area (Å²) in [5.41, 5.74) is 1.53. The highest BCUT2D eigenvalue weighted by Crippen LogP contribution is 2.36. The van der Waals surface area contributed by atoms with E-state index in [1.165, 1.54) is 0 Å². The maximum absolute atomic E-state index is 12.2. The summed E-state index contributed by atoms with van der Waals surface area (Å²) in [7, 11) is 0. The third-order valence-electron chi connectivity index (χ3n) is 3.58. The largest absolute Gasteiger partial charge is 0.486 e. The minimum absolute atomic E-state index is 0.214. The highest BCUT2D eigenvalue weighted by atomic mass is 16.5. The van der Waals surface area contributed by atoms with Gasteiger partial charge in [-0.15, -0.1) is 0 Å². The van der Waals surface area contributed by atoms with Gasteiger partial charge in [0, 0.05) is 0 Å². The van der Waals surface area contributed by atoms with E-state index in [0.29, 0.717) is 12.3 Å². The fourth-order valence-corrected chi connectivity index (χ4v) is 2.42. The Morgan fingerprint density at radius 2 is 2.11 bits per heavy atom. The molecule has 2 nitrogen and oxygen atoms in total. The molecule has 0 fully saturated rings. The van der Waals surface area contributed by atoms with E-state index in [1.807, 2.05) is 25.1 Å². The minimum atomic E-state index is -0.330. The molecule has 18 heavy (non-hydrogen) atoms. The summed E-state index contributed by atoms with van der Waals surface area (Å²) in [4.78, 5) is 12.2. The zero-order valence-corrected chi connectivity index (χ0v) is 11.7. The molecule has 0 amide bonds. The van der Waals surface area contributed by atoms with E-state index in [4.69, 9.17) is 4.74 Å². The van der Waals surface area contributed by atoms with Crippen molar-refractivity contribution in [2.45, 2.75) is 52.6 Å². The van der Waals surface area contributed by atoms with E-state index < -0.39 is 0 Å². The van der Waals surface area contributed by atoms with Gasteiger partial charge in [-0.25, -0.2) is 0 Å². The van der Waals surface area contributed by atoms with E-state index in [1.54, 1.807) is 0 Å². The summed E-state index contributed by atoms with van der Waals surface area (Å²) >= 11 is 0. The number of rotatable bonds is 3. The summed E-state index contributed by atoms with van der Waals surface area (Å²) in [6.07, 6.45) is 2.52. The smallest absolute Gasteiger partial charge is 0.170 e. The Bertz CT molecular complexity index is 462. The molecule has 1 aliphatic heterocycles. The van der Waals surface area contributed by atoms with Gasteiger partial charge in [0.05, 0.1) is 12.0 Å². The molecule has 1 heterocycles. The Hall–Kier alpha value is -1.31. The fraction of sp³-hybridized carbons (Fsp3) is 0.562. The second-order valence-electron chi connectivity index (χ2n) is 6.08. The van der Waals surface area contributed by atoms with Crippen LogP contribution in [-0.4, -0.2) is 11.4 Å². The number of hydrogen-bond donors (Lipinski definition) is 0. The van der Waals surface area contributed by atoms with Crippen molar-refractivity contribution < 1.29 is 9.53 Å². The molecule has 2 rings (SSSR count). The summed E-state index contributed by atoms with van der Waals surface area (Å²) < 4.78 is 6.07. The molecule has 0 bridgehead atoms. The van der Waals surface area contributed by atoms with Gasteiger partial charge in [-0.05, 0) is 44.7 Å². The van der Waals surface area contributed by atoms with E-state index in [2.05, 4.69) is 20.8 Å². The SMILES string of the molecule is Cc1ccc2c(c1)C(=O)CC(C)(CCC(C)C)O2. The van der Waals surface area contributed by atoms with Gasteiger partial charge >= 0.3 is 0 Å². The quantitative estimate of drug-likeness (QED) is 0.800. The molecule has 0 saturated carbocycles. The molecule has 1 atom stereocenters. The first-order valence-corrected chi connectivity index (χ1v) is 6.72. The minimum Gasteiger partial charge on any atom is -0.486 e. The van der Waals surface area contributed by atoms with Gasteiger partial charge in [-0.3, -0.25) is 4.79 Å². The van der Waals surface area contributed by atoms with Crippen molar-refractivity contribution in [2.24, 2.45) is 5.92 Å². The zero-order chi connectivity index (χ0) is 13.3. The van der Waals surface area contributed by atoms with Gasteiger partial charge in [-0.2, -0.15) is 0 Å². The van der Waals surface area contributed by atoms with Crippen LogP contribution in [0.2, 0.25) is 0 Å². The molecule has 1 unspecified atom stereocenters. The first-order chi connectivity index (χ1) is 8.39. The monoisotopic (exact) mass is 246 g/mol. The van der Waals surface area contributed by atoms with Crippen molar-refractivity contribution in [3.8, 4) is 5.75 Å². The zero-order valence-electron chi connectivity index (χ0n) is 11.7. The number of hydrogen-bond acceptors (Lipinski definition) is 2. The number of aryl methyl sites for hydroxylation is 1. The van der Waals surface area contributed by atoms with Crippen molar-refractivity contribution in [3.63, 3.8) is 0 Å². The van der Waals surface area contributed by atoms with Crippen LogP contribution in [0.4, 0.5) is 0 Å². The van der Waals surface area contributed by atoms with E-state index in [-0.39, 0.29) is 11.4 Å². The first kappa shape index (κ1) is 13.1. The summed E-state index contributed by atoms with van der Waals surface area (Å²) in [5.74, 6) is 1.61. The molecule has 1 aromatic carbocycles. The molecular weight excluding hydrogens is 224 g/mol. The van der Waals surface area contributed by atoms with Gasteiger partial charge in [0.1, 0.15) is 11.4 Å². The Labute approximate surface area is 109 Å². The molecular formula is C16H22O2. The molecule has 1 aliphatic rings. The molecule has 0 aromatic heterocycles. The lowest BCUT2D eigenvalue weighted by Crippen LogP contribution is -2.39. The highest BCUT2D eigenvalue weighted by molar-refractivity contribution is 6.00. The number of carbonyl (C=O) groups is 1. The Kier molecular flexibility index (Phi) is 3.47. The van der Waals surface area contributed by atoms with Crippen LogP contribution in [0.25, 0.3) is 0 Å². The van der Waals surface area contributed by atoms with Crippen LogP contribution in [0.15, 0.2) is 18.2 Å². The first-order valence-electron chi connectivity index (χ1n) is 6.72. The molecule has 0 spiro atoms. The highest BCUT2D eigenvalue weighted by Gasteiger charge is 2.36. The van der Waals surface area contributed by atoms with Gasteiger partial charge in [0.25, 0.3) is 0 Å². The van der Waals surface area contributed by atoms with Crippen LogP contribution >= 0.6 is 0 Å². The second kappa shape index (κ2) is 4.75. The Morgan fingerprint density at radius 3 is 2.78 bits per heavy atom. The molecule has 0 aliphatic carbocycles. The number of ether oxygens (including phenoxy) is 1. The molecule has 98 valence electrons. The van der Waals surface area contributed by atoms with Gasteiger partial charge in [0.2, 0.25) is 0 Å². The molecule has 0 N–H and O–H groups in total. The lowest BCUT2D eigenvalue weighted by Gasteiger charge is -2.35. The predicted molar refractivity (Wildman–Crippen MR) is 73.2 cm³/mol. The van der Waals surface area contributed by atoms with Crippen LogP contribution in [0.5, 0.6) is 5.75 Å². The number of ketones is 1. The second-order valence-corrected chi connectivity index (χ2v) is 6.08. The average molecular weight is 246 g/mol. The van der Waals surface area contributed by atoms with Crippen LogP contribution < -0.4 is 4.74 Å². The third-order valence-corrected chi connectivity index (χ3v) is 3.58. The van der Waals surface area contributed by atoms with Crippen LogP contribution in [0, 0.1) is 12.8 Å². The fourth-order valence-electron chi connectivity index (χ4n) is 2.42. The lowest BCUT2D eigenvalue weighted by molar-refractivity contribution is 0.0436. The lowest BCUT2D eigenvalue weighted by atomic mass is 9.86. The van der Waals surface area contributed by atoms with Crippen molar-refractivity contribution in [3.05, 3.63) is 29.3 Å². The standard InChI is InChI=1S/C16H22O2/c1-11(2)7-8-16(4)10-14(17)13-9-12(3)5-6-15(13)18-16/h5-6,9,11H,7-8,10H2,1-4H3. The Morgan fingerprint density at radius 1 is 1.39 bits per heavy atom. The van der Waals surface area contributed by atoms with E-state index >= 15 is 0 Å². The predicted octanol–water partition coefficient (Wildman–Crippen LogP) is 4.16. The van der Waals surface area contributed by atoms with Crippen LogP contribution in [0.1, 0.15) is 56.0 Å². The number of benzene rings is 1. The van der Waals surface area contributed by atoms with Crippen LogP contribution in [-0.2, 0) is 0 Å². The topological polar surface area (TPSA) is 26.3 Å². The average Bonchev–Trinajstić information content (AvgIpc) is 2.28. The third kappa shape index (κ3) is 2.74. The summed E-state index contributed by atoms with van der Waals surface area (Å²) in [5, 5.41) is 0. The maximum Gasteiger partial charge on any atom is 0.170 e. The van der Waals surface area contributed by atoms with E-state index in [0.717, 1.165) is 29.7 Å². The van der Waals surface area contributed by atoms with Gasteiger partial charge in [-0.1, -0.05) is 25.5 Å². The van der Waals surface area contributed by atoms with Crippen molar-refractivity contribution in [1.29, 1.82) is 0 Å². The van der Waals surface area contributed by atoms with Gasteiger partial charge in [0.15, 0.2) is 5.78 Å². The van der Waals surface area contributed by atoms with Crippen LogP contribution in [0.3, 0.4) is 0 Å². The molecule has 0 radical (unpaired) electrons. The number of fused-ring (bicyclic) bond motifs is 1. The molecule has 1 aromatic rings. The molecule has 0 saturated heterocycles. The summed E-state index contributed by atoms with van der Waals surface area (Å²) in [6, 6.07) is 5.86. The normalized spacial score (nSPS) is 22.8. The van der Waals surface area contributed by atoms with Crippen molar-refractivity contribution >= 4 is 5.78 Å². The van der Waals surface area contributed by atoms with E-state index in [9.17, 15) is 4.79 Å². The molecule has 2 heteroatoms.